The molecule has 0 aromatic heterocycles. The molecule has 0 aliphatic rings. The highest BCUT2D eigenvalue weighted by Crippen LogP contribution is 1.99. The standard InChI is InChI=1S/C9H10N2/c10-11-8-4-7-9-5-2-1-3-6-9/h1-8H,10H2. The van der Waals surface area contributed by atoms with Crippen molar-refractivity contribution in [2.75, 3.05) is 0 Å². The predicted octanol–water partition coefficient (Wildman–Crippen LogP) is 1.64. The van der Waals surface area contributed by atoms with E-state index in [-0.39, 0.29) is 0 Å². The Hall–Kier alpha value is -1.57. The number of nitrogens with zero attached hydrogens (tertiary/aromatic N) is 1. The molecule has 0 saturated carbocycles. The molecule has 11 heavy (non-hydrogen) atoms. The van der Waals surface area contributed by atoms with Gasteiger partial charge in [0.2, 0.25) is 0 Å². The number of hydrazone groups is 1. The van der Waals surface area contributed by atoms with E-state index in [1.165, 1.54) is 0 Å². The number of nitrogens with two attached hydrogens (primary N) is 1. The van der Waals surface area contributed by atoms with Gasteiger partial charge in [-0.15, -0.1) is 0 Å². The van der Waals surface area contributed by atoms with Crippen LogP contribution in [-0.2, 0) is 0 Å². The van der Waals surface area contributed by atoms with Gasteiger partial charge >= 0.3 is 0 Å². The van der Waals surface area contributed by atoms with E-state index >= 15 is 0 Å². The van der Waals surface area contributed by atoms with E-state index in [1.54, 1.807) is 12.3 Å². The van der Waals surface area contributed by atoms with Crippen LogP contribution in [0.5, 0.6) is 0 Å². The molecule has 0 fully saturated rings. The lowest BCUT2D eigenvalue weighted by Gasteiger charge is -1.87. The fourth-order valence-corrected chi connectivity index (χ4v) is 0.768. The van der Waals surface area contributed by atoms with Gasteiger partial charge in [-0.3, -0.25) is 0 Å². The van der Waals surface area contributed by atoms with E-state index < -0.39 is 0 Å². The van der Waals surface area contributed by atoms with Crippen LogP contribution in [0.1, 0.15) is 5.56 Å². The minimum Gasteiger partial charge on any atom is -0.323 e. The van der Waals surface area contributed by atoms with Crippen molar-refractivity contribution >= 4 is 12.3 Å². The highest BCUT2D eigenvalue weighted by molar-refractivity contribution is 5.77. The molecule has 1 rings (SSSR count). The van der Waals surface area contributed by atoms with Gasteiger partial charge in [-0.2, -0.15) is 5.10 Å². The maximum atomic E-state index is 4.91. The molecular formula is C9H10N2. The minimum atomic E-state index is 1.15. The Balaban J connectivity index is 2.64. The number of hydrogen-bond donors (Lipinski definition) is 1. The first-order valence-corrected chi connectivity index (χ1v) is 3.38. The Bertz CT molecular complexity index is 250. The smallest absolute Gasteiger partial charge is 0.0465 e. The zero-order valence-electron chi connectivity index (χ0n) is 6.14. The van der Waals surface area contributed by atoms with Crippen LogP contribution in [0.4, 0.5) is 0 Å². The normalized spacial score (nSPS) is 11.3. The van der Waals surface area contributed by atoms with Gasteiger partial charge < -0.3 is 5.84 Å². The molecule has 56 valence electrons. The van der Waals surface area contributed by atoms with Gasteiger partial charge in [0.25, 0.3) is 0 Å². The summed E-state index contributed by atoms with van der Waals surface area (Å²) in [6.45, 7) is 0. The molecule has 0 aliphatic carbocycles. The maximum absolute atomic E-state index is 4.91. The maximum Gasteiger partial charge on any atom is 0.0465 e. The summed E-state index contributed by atoms with van der Waals surface area (Å²) < 4.78 is 0. The van der Waals surface area contributed by atoms with Gasteiger partial charge in [-0.1, -0.05) is 36.4 Å². The van der Waals surface area contributed by atoms with E-state index in [0.29, 0.717) is 0 Å². The Morgan fingerprint density at radius 1 is 1.18 bits per heavy atom. The second-order valence-corrected chi connectivity index (χ2v) is 2.07. The largest absolute Gasteiger partial charge is 0.323 e. The molecule has 0 radical (unpaired) electrons. The van der Waals surface area contributed by atoms with Crippen molar-refractivity contribution < 1.29 is 0 Å². The van der Waals surface area contributed by atoms with Crippen molar-refractivity contribution in [3.05, 3.63) is 42.0 Å². The molecule has 2 nitrogen and oxygen atoms in total. The molecule has 0 unspecified atom stereocenters. The van der Waals surface area contributed by atoms with Gasteiger partial charge in [0.05, 0.1) is 0 Å². The molecule has 0 bridgehead atoms. The summed E-state index contributed by atoms with van der Waals surface area (Å²) >= 11 is 0. The summed E-state index contributed by atoms with van der Waals surface area (Å²) in [5.41, 5.74) is 1.15. The van der Waals surface area contributed by atoms with Crippen molar-refractivity contribution in [2.24, 2.45) is 10.9 Å². The van der Waals surface area contributed by atoms with Crippen molar-refractivity contribution in [1.29, 1.82) is 0 Å². The topological polar surface area (TPSA) is 38.4 Å². The summed E-state index contributed by atoms with van der Waals surface area (Å²) in [5.74, 6) is 4.91. The van der Waals surface area contributed by atoms with Crippen LogP contribution in [0.25, 0.3) is 6.08 Å². The molecular weight excluding hydrogens is 136 g/mol. The van der Waals surface area contributed by atoms with Crippen LogP contribution in [-0.4, -0.2) is 6.21 Å². The van der Waals surface area contributed by atoms with Crippen molar-refractivity contribution in [3.63, 3.8) is 0 Å². The van der Waals surface area contributed by atoms with E-state index in [1.807, 2.05) is 36.4 Å². The van der Waals surface area contributed by atoms with Crippen molar-refractivity contribution in [1.82, 2.24) is 0 Å². The predicted molar refractivity (Wildman–Crippen MR) is 48.2 cm³/mol. The highest BCUT2D eigenvalue weighted by atomic mass is 15.1. The fraction of sp³-hybridized carbons (Fsp3) is 0. The minimum absolute atomic E-state index is 1.15. The van der Waals surface area contributed by atoms with E-state index in [4.69, 9.17) is 5.84 Å². The third-order valence-corrected chi connectivity index (χ3v) is 1.26. The lowest BCUT2D eigenvalue weighted by atomic mass is 10.2. The van der Waals surface area contributed by atoms with Crippen LogP contribution >= 0.6 is 0 Å². The summed E-state index contributed by atoms with van der Waals surface area (Å²) in [4.78, 5) is 0. The number of rotatable bonds is 2. The van der Waals surface area contributed by atoms with Gasteiger partial charge in [0.1, 0.15) is 0 Å². The fourth-order valence-electron chi connectivity index (χ4n) is 0.768. The Morgan fingerprint density at radius 3 is 2.55 bits per heavy atom. The Kier molecular flexibility index (Phi) is 2.93. The lowest BCUT2D eigenvalue weighted by Crippen LogP contribution is -1.77. The third-order valence-electron chi connectivity index (χ3n) is 1.26. The first-order valence-electron chi connectivity index (χ1n) is 3.38. The summed E-state index contributed by atoms with van der Waals surface area (Å²) in [6, 6.07) is 9.98. The van der Waals surface area contributed by atoms with Crippen LogP contribution in [0, 0.1) is 0 Å². The van der Waals surface area contributed by atoms with E-state index in [0.717, 1.165) is 5.56 Å². The zero-order valence-corrected chi connectivity index (χ0v) is 6.14. The van der Waals surface area contributed by atoms with E-state index in [2.05, 4.69) is 5.10 Å². The molecule has 2 N–H and O–H groups in total. The van der Waals surface area contributed by atoms with Crippen LogP contribution in [0.3, 0.4) is 0 Å². The molecule has 0 spiro atoms. The van der Waals surface area contributed by atoms with Crippen molar-refractivity contribution in [3.8, 4) is 0 Å². The summed E-state index contributed by atoms with van der Waals surface area (Å²) in [6.07, 6.45) is 5.29. The summed E-state index contributed by atoms with van der Waals surface area (Å²) in [5, 5.41) is 3.34. The first kappa shape index (κ1) is 7.54. The van der Waals surface area contributed by atoms with Gasteiger partial charge in [-0.05, 0) is 11.6 Å². The van der Waals surface area contributed by atoms with Gasteiger partial charge in [-0.25, -0.2) is 0 Å². The molecule has 0 saturated heterocycles. The monoisotopic (exact) mass is 146 g/mol. The summed E-state index contributed by atoms with van der Waals surface area (Å²) in [7, 11) is 0. The van der Waals surface area contributed by atoms with Crippen LogP contribution < -0.4 is 5.84 Å². The average molecular weight is 146 g/mol. The Morgan fingerprint density at radius 2 is 1.91 bits per heavy atom. The molecule has 1 aromatic carbocycles. The van der Waals surface area contributed by atoms with Crippen LogP contribution in [0.15, 0.2) is 41.5 Å². The molecule has 1 aromatic rings. The molecule has 0 heterocycles. The van der Waals surface area contributed by atoms with Crippen LogP contribution in [0.2, 0.25) is 0 Å². The molecule has 0 aliphatic heterocycles. The van der Waals surface area contributed by atoms with Gasteiger partial charge in [0.15, 0.2) is 0 Å². The quantitative estimate of drug-likeness (QED) is 0.384. The first-order chi connectivity index (χ1) is 5.43. The highest BCUT2D eigenvalue weighted by Gasteiger charge is 1.78. The van der Waals surface area contributed by atoms with E-state index in [9.17, 15) is 0 Å². The number of hydrogen-bond acceptors (Lipinski definition) is 2. The second-order valence-electron chi connectivity index (χ2n) is 2.07. The van der Waals surface area contributed by atoms with Crippen molar-refractivity contribution in [2.45, 2.75) is 0 Å². The third kappa shape index (κ3) is 2.67. The lowest BCUT2D eigenvalue weighted by molar-refractivity contribution is 1.27. The second kappa shape index (κ2) is 4.28. The molecule has 2 heteroatoms. The molecule has 0 atom stereocenters. The van der Waals surface area contributed by atoms with Gasteiger partial charge in [0, 0.05) is 6.21 Å². The zero-order chi connectivity index (χ0) is 7.94. The average Bonchev–Trinajstić information content (AvgIpc) is 2.07. The number of allylic oxidation sites excluding steroid dienone is 1. The Labute approximate surface area is 66.0 Å². The molecule has 0 amide bonds. The number of benzene rings is 1. The SMILES string of the molecule is NN=CC=Cc1ccccc1.